The zero-order valence-corrected chi connectivity index (χ0v) is 12.3. The Morgan fingerprint density at radius 2 is 1.90 bits per heavy atom. The van der Waals surface area contributed by atoms with Gasteiger partial charge >= 0.3 is 0 Å². The molecular weight excluding hydrogens is 248 g/mol. The van der Waals surface area contributed by atoms with Gasteiger partial charge in [0.1, 0.15) is 5.75 Å². The topological polar surface area (TPSA) is 37.2 Å². The Morgan fingerprint density at radius 1 is 1.15 bits per heavy atom. The lowest BCUT2D eigenvalue weighted by Gasteiger charge is -2.15. The van der Waals surface area contributed by atoms with Crippen LogP contribution in [-0.4, -0.2) is 16.2 Å². The largest absolute Gasteiger partial charge is 0.508 e. The first kappa shape index (κ1) is 14.7. The minimum absolute atomic E-state index is 0.316. The minimum atomic E-state index is 0.316. The normalized spacial score (nSPS) is 12.5. The molecule has 1 heterocycles. The molecule has 0 aliphatic heterocycles. The van der Waals surface area contributed by atoms with E-state index in [-0.39, 0.29) is 0 Å². The summed E-state index contributed by atoms with van der Waals surface area (Å²) in [5.74, 6) is 0.316. The summed E-state index contributed by atoms with van der Waals surface area (Å²) >= 11 is 0. The van der Waals surface area contributed by atoms with Crippen molar-refractivity contribution in [3.05, 3.63) is 53.9 Å². The summed E-state index contributed by atoms with van der Waals surface area (Å²) in [6, 6.07) is 10.0. The van der Waals surface area contributed by atoms with Crippen LogP contribution in [0.4, 0.5) is 0 Å². The van der Waals surface area contributed by atoms with Crippen molar-refractivity contribution < 1.29 is 5.11 Å². The van der Waals surface area contributed by atoms with E-state index in [1.54, 1.807) is 12.1 Å². The van der Waals surface area contributed by atoms with Crippen molar-refractivity contribution >= 4 is 0 Å². The molecule has 0 radical (unpaired) electrons. The first-order chi connectivity index (χ1) is 9.72. The van der Waals surface area contributed by atoms with Crippen LogP contribution in [0.3, 0.4) is 0 Å². The van der Waals surface area contributed by atoms with Crippen LogP contribution in [0, 0.1) is 0 Å². The van der Waals surface area contributed by atoms with E-state index in [1.165, 1.54) is 11.1 Å². The zero-order chi connectivity index (χ0) is 14.4. The third kappa shape index (κ3) is 3.87. The highest BCUT2D eigenvalue weighted by Gasteiger charge is 2.09. The number of aromatic hydroxyl groups is 1. The Bertz CT molecular complexity index is 516. The molecule has 0 aliphatic carbocycles. The predicted octanol–water partition coefficient (Wildman–Crippen LogP) is 3.69. The summed E-state index contributed by atoms with van der Waals surface area (Å²) in [7, 11) is 0. The number of nitrogens with zero attached hydrogens (tertiary/aromatic N) is 1. The van der Waals surface area contributed by atoms with Crippen molar-refractivity contribution in [3.63, 3.8) is 0 Å². The lowest BCUT2D eigenvalue weighted by Crippen LogP contribution is -2.21. The van der Waals surface area contributed by atoms with Crippen molar-refractivity contribution in [1.29, 1.82) is 0 Å². The van der Waals surface area contributed by atoms with Gasteiger partial charge in [-0.15, -0.1) is 0 Å². The molecule has 2 rings (SSSR count). The molecule has 0 saturated heterocycles. The molecule has 0 amide bonds. The first-order valence-corrected chi connectivity index (χ1v) is 7.40. The maximum absolute atomic E-state index is 9.30. The van der Waals surface area contributed by atoms with Gasteiger partial charge in [-0.25, -0.2) is 0 Å². The van der Waals surface area contributed by atoms with E-state index in [0.29, 0.717) is 11.8 Å². The second kappa shape index (κ2) is 7.15. The Balaban J connectivity index is 2.02. The summed E-state index contributed by atoms with van der Waals surface area (Å²) in [6.07, 6.45) is 6.59. The molecule has 2 N–H and O–H groups in total. The fourth-order valence-corrected chi connectivity index (χ4v) is 2.39. The molecular formula is C17H24N2O. The van der Waals surface area contributed by atoms with Gasteiger partial charge in [0.25, 0.3) is 0 Å². The van der Waals surface area contributed by atoms with E-state index in [2.05, 4.69) is 42.2 Å². The smallest absolute Gasteiger partial charge is 0.115 e. The van der Waals surface area contributed by atoms with Crippen LogP contribution in [0.2, 0.25) is 0 Å². The van der Waals surface area contributed by atoms with Gasteiger partial charge in [0.15, 0.2) is 0 Å². The standard InChI is InChI=1S/C17H24N2O/c1-3-10-18-17(4-2)15-9-11-19(13-15)12-14-5-7-16(20)8-6-14/h5-9,11,13,17-18,20H,3-4,10,12H2,1-2H3. The SMILES string of the molecule is CCCNC(CC)c1ccn(Cc2ccc(O)cc2)c1. The molecule has 3 nitrogen and oxygen atoms in total. The second-order valence-electron chi connectivity index (χ2n) is 5.20. The van der Waals surface area contributed by atoms with Gasteiger partial charge in [0, 0.05) is 25.0 Å². The van der Waals surface area contributed by atoms with Gasteiger partial charge in [0.05, 0.1) is 0 Å². The molecule has 1 atom stereocenters. The Kier molecular flexibility index (Phi) is 5.24. The van der Waals surface area contributed by atoms with Gasteiger partial charge in [0.2, 0.25) is 0 Å². The molecule has 1 aromatic heterocycles. The summed E-state index contributed by atoms with van der Waals surface area (Å²) in [5.41, 5.74) is 2.54. The monoisotopic (exact) mass is 272 g/mol. The van der Waals surface area contributed by atoms with Crippen LogP contribution >= 0.6 is 0 Å². The fraction of sp³-hybridized carbons (Fsp3) is 0.412. The number of aromatic nitrogens is 1. The fourth-order valence-electron chi connectivity index (χ4n) is 2.39. The van der Waals surface area contributed by atoms with Crippen LogP contribution in [-0.2, 0) is 6.54 Å². The number of phenolic OH excluding ortho intramolecular Hbond substituents is 1. The number of rotatable bonds is 7. The van der Waals surface area contributed by atoms with Gasteiger partial charge < -0.3 is 15.0 Å². The number of benzene rings is 1. The highest BCUT2D eigenvalue weighted by Crippen LogP contribution is 2.18. The van der Waals surface area contributed by atoms with E-state index in [1.807, 2.05) is 12.1 Å². The molecule has 3 heteroatoms. The number of hydrogen-bond acceptors (Lipinski definition) is 2. The summed E-state index contributed by atoms with van der Waals surface area (Å²) in [6.45, 7) is 6.30. The van der Waals surface area contributed by atoms with Crippen LogP contribution in [0.5, 0.6) is 5.75 Å². The zero-order valence-electron chi connectivity index (χ0n) is 12.3. The highest BCUT2D eigenvalue weighted by atomic mass is 16.3. The molecule has 2 aromatic rings. The third-order valence-corrected chi connectivity index (χ3v) is 3.53. The van der Waals surface area contributed by atoms with Crippen LogP contribution in [0.25, 0.3) is 0 Å². The molecule has 0 fully saturated rings. The summed E-state index contributed by atoms with van der Waals surface area (Å²) in [5, 5.41) is 12.9. The third-order valence-electron chi connectivity index (χ3n) is 3.53. The molecule has 20 heavy (non-hydrogen) atoms. The van der Waals surface area contributed by atoms with Crippen LogP contribution < -0.4 is 5.32 Å². The average Bonchev–Trinajstić information content (AvgIpc) is 2.91. The molecule has 108 valence electrons. The van der Waals surface area contributed by atoms with Crippen LogP contribution in [0.15, 0.2) is 42.7 Å². The quantitative estimate of drug-likeness (QED) is 0.806. The predicted molar refractivity (Wildman–Crippen MR) is 83.0 cm³/mol. The van der Waals surface area contributed by atoms with E-state index in [9.17, 15) is 5.11 Å². The van der Waals surface area contributed by atoms with Crippen molar-refractivity contribution in [3.8, 4) is 5.75 Å². The van der Waals surface area contributed by atoms with Gasteiger partial charge in [-0.05, 0) is 48.7 Å². The Labute approximate surface area is 121 Å². The molecule has 1 unspecified atom stereocenters. The molecule has 0 aliphatic rings. The van der Waals surface area contributed by atoms with E-state index in [0.717, 1.165) is 25.9 Å². The Morgan fingerprint density at radius 3 is 2.55 bits per heavy atom. The van der Waals surface area contributed by atoms with Crippen molar-refractivity contribution in [1.82, 2.24) is 9.88 Å². The molecule has 0 bridgehead atoms. The van der Waals surface area contributed by atoms with Crippen molar-refractivity contribution in [2.45, 2.75) is 39.3 Å². The van der Waals surface area contributed by atoms with E-state index in [4.69, 9.17) is 0 Å². The number of phenols is 1. The molecule has 0 spiro atoms. The van der Waals surface area contributed by atoms with Gasteiger partial charge in [-0.2, -0.15) is 0 Å². The lowest BCUT2D eigenvalue weighted by atomic mass is 10.1. The van der Waals surface area contributed by atoms with E-state index < -0.39 is 0 Å². The number of nitrogens with one attached hydrogen (secondary N) is 1. The second-order valence-corrected chi connectivity index (χ2v) is 5.20. The maximum atomic E-state index is 9.30. The van der Waals surface area contributed by atoms with Crippen LogP contribution in [0.1, 0.15) is 43.9 Å². The summed E-state index contributed by atoms with van der Waals surface area (Å²) in [4.78, 5) is 0. The lowest BCUT2D eigenvalue weighted by molar-refractivity contribution is 0.475. The highest BCUT2D eigenvalue weighted by molar-refractivity contribution is 5.26. The van der Waals surface area contributed by atoms with Gasteiger partial charge in [-0.1, -0.05) is 26.0 Å². The number of hydrogen-bond donors (Lipinski definition) is 2. The maximum Gasteiger partial charge on any atom is 0.115 e. The average molecular weight is 272 g/mol. The minimum Gasteiger partial charge on any atom is -0.508 e. The molecule has 1 aromatic carbocycles. The van der Waals surface area contributed by atoms with Crippen molar-refractivity contribution in [2.75, 3.05) is 6.54 Å². The first-order valence-electron chi connectivity index (χ1n) is 7.40. The van der Waals surface area contributed by atoms with E-state index >= 15 is 0 Å². The summed E-state index contributed by atoms with van der Waals surface area (Å²) < 4.78 is 2.19. The van der Waals surface area contributed by atoms with Crippen molar-refractivity contribution in [2.24, 2.45) is 0 Å². The van der Waals surface area contributed by atoms with Gasteiger partial charge in [-0.3, -0.25) is 0 Å². The Hall–Kier alpha value is -1.74. The molecule has 0 saturated carbocycles.